The summed E-state index contributed by atoms with van der Waals surface area (Å²) in [6, 6.07) is 50.4. The fourth-order valence-electron chi connectivity index (χ4n) is 7.91. The van der Waals surface area contributed by atoms with Gasteiger partial charge in [-0.2, -0.15) is 0 Å². The van der Waals surface area contributed by atoms with Crippen LogP contribution in [0.3, 0.4) is 0 Å². The molecule has 0 atom stereocenters. The van der Waals surface area contributed by atoms with Crippen molar-refractivity contribution in [3.8, 4) is 28.3 Å². The van der Waals surface area contributed by atoms with Gasteiger partial charge >= 0.3 is 0 Å². The van der Waals surface area contributed by atoms with Crippen LogP contribution in [0.25, 0.3) is 83.2 Å². The first-order valence-electron chi connectivity index (χ1n) is 19.8. The van der Waals surface area contributed by atoms with E-state index in [2.05, 4.69) is 142 Å². The predicted molar refractivity (Wildman–Crippen MR) is 240 cm³/mol. The first kappa shape index (κ1) is 39.2. The van der Waals surface area contributed by atoms with E-state index in [9.17, 15) is 0 Å². The number of aromatic nitrogens is 3. The van der Waals surface area contributed by atoms with Gasteiger partial charge in [-0.3, -0.25) is 4.98 Å². The van der Waals surface area contributed by atoms with Crippen molar-refractivity contribution < 1.29 is 28.9 Å². The van der Waals surface area contributed by atoms with E-state index in [0.717, 1.165) is 77.6 Å². The second-order valence-electron chi connectivity index (χ2n) is 16.4. The average molecular weight is 952 g/mol. The molecule has 58 heavy (non-hydrogen) atoms. The molecular weight excluding hydrogens is 907 g/mol. The maximum atomic E-state index is 6.64. The Kier molecular flexibility index (Phi) is 10.6. The van der Waals surface area contributed by atoms with Crippen LogP contribution >= 0.6 is 0 Å². The molecule has 0 unspecified atom stereocenters. The van der Waals surface area contributed by atoms with Crippen LogP contribution in [0.2, 0.25) is 19.6 Å². The van der Waals surface area contributed by atoms with Crippen LogP contribution in [0.1, 0.15) is 50.7 Å². The van der Waals surface area contributed by atoms with Crippen molar-refractivity contribution in [2.75, 3.05) is 0 Å². The van der Waals surface area contributed by atoms with Crippen molar-refractivity contribution in [2.24, 2.45) is 0 Å². The quantitative estimate of drug-likeness (QED) is 0.123. The zero-order valence-corrected chi connectivity index (χ0v) is 37.2. The zero-order valence-electron chi connectivity index (χ0n) is 33.8. The Hall–Kier alpha value is -5.59. The van der Waals surface area contributed by atoms with E-state index in [-0.39, 0.29) is 20.1 Å². The van der Waals surface area contributed by atoms with E-state index >= 15 is 0 Å². The molecule has 291 valence electrons. The fraction of sp³-hybridized carbons (Fsp3) is 0.176. The molecule has 7 heteroatoms. The van der Waals surface area contributed by atoms with Crippen molar-refractivity contribution in [3.05, 3.63) is 157 Å². The smallest absolute Gasteiger partial charge is 0.145 e. The van der Waals surface area contributed by atoms with Gasteiger partial charge < -0.3 is 18.4 Å². The van der Waals surface area contributed by atoms with Gasteiger partial charge in [0.25, 0.3) is 0 Å². The Morgan fingerprint density at radius 3 is 2.05 bits per heavy atom. The topological polar surface area (TPSA) is 57.0 Å². The van der Waals surface area contributed by atoms with E-state index < -0.39 is 8.07 Å². The molecule has 10 rings (SSSR count). The van der Waals surface area contributed by atoms with Crippen LogP contribution in [0.15, 0.2) is 142 Å². The van der Waals surface area contributed by atoms with E-state index in [4.69, 9.17) is 13.8 Å². The first-order chi connectivity index (χ1) is 27.6. The molecule has 10 aromatic rings. The Morgan fingerprint density at radius 1 is 0.621 bits per heavy atom. The van der Waals surface area contributed by atoms with Crippen LogP contribution < -0.4 is 5.19 Å². The maximum Gasteiger partial charge on any atom is 0.145 e. The summed E-state index contributed by atoms with van der Waals surface area (Å²) in [6.07, 6.45) is 2.02. The monoisotopic (exact) mass is 952 g/mol. The van der Waals surface area contributed by atoms with Crippen molar-refractivity contribution in [1.29, 1.82) is 0 Å². The van der Waals surface area contributed by atoms with Crippen molar-refractivity contribution >= 4 is 68.2 Å². The van der Waals surface area contributed by atoms with E-state index in [1.54, 1.807) is 0 Å². The fourth-order valence-corrected chi connectivity index (χ4v) is 8.95. The van der Waals surface area contributed by atoms with Gasteiger partial charge in [-0.25, -0.2) is 0 Å². The van der Waals surface area contributed by atoms with Crippen LogP contribution in [-0.4, -0.2) is 22.6 Å². The molecule has 0 N–H and O–H groups in total. The van der Waals surface area contributed by atoms with Crippen LogP contribution in [0, 0.1) is 12.1 Å². The minimum Gasteiger partial charge on any atom is -0.500 e. The SMILES string of the molecule is CC(C)c1cccc(C(C)C)c1-n1c(-c2[c-]ccc3c2oc2ccc4c5ccccc5oc4c23)nc2ccccc21.C[Si](C)(C)c1ccc(-c2[c-]cccc2)nc1.[Ir]. The number of pyridine rings is 1. The van der Waals surface area contributed by atoms with E-state index in [1.807, 2.05) is 60.8 Å². The summed E-state index contributed by atoms with van der Waals surface area (Å²) >= 11 is 0. The van der Waals surface area contributed by atoms with Gasteiger partial charge in [0, 0.05) is 42.8 Å². The normalized spacial score (nSPS) is 11.9. The number of furan rings is 2. The Labute approximate surface area is 354 Å². The van der Waals surface area contributed by atoms with Gasteiger partial charge in [0.2, 0.25) is 0 Å². The average Bonchev–Trinajstić information content (AvgIpc) is 3.92. The number of para-hydroxylation sites is 4. The first-order valence-corrected chi connectivity index (χ1v) is 23.3. The van der Waals surface area contributed by atoms with Gasteiger partial charge in [0.05, 0.1) is 35.9 Å². The van der Waals surface area contributed by atoms with Gasteiger partial charge in [-0.15, -0.1) is 54.1 Å². The minimum atomic E-state index is -1.23. The number of hydrogen-bond acceptors (Lipinski definition) is 4. The summed E-state index contributed by atoms with van der Waals surface area (Å²) in [5.74, 6) is 1.50. The Bertz CT molecular complexity index is 3030. The Balaban J connectivity index is 0.000000233. The van der Waals surface area contributed by atoms with Gasteiger partial charge in [-0.1, -0.05) is 119 Å². The summed E-state index contributed by atoms with van der Waals surface area (Å²) in [6.45, 7) is 16.0. The van der Waals surface area contributed by atoms with Crippen LogP contribution in [-0.2, 0) is 20.1 Å². The molecule has 0 aliphatic carbocycles. The molecule has 0 fully saturated rings. The largest absolute Gasteiger partial charge is 0.500 e. The molecule has 0 saturated heterocycles. The molecule has 0 bridgehead atoms. The summed E-state index contributed by atoms with van der Waals surface area (Å²) in [5.41, 5.74) is 12.0. The summed E-state index contributed by atoms with van der Waals surface area (Å²) in [5, 5.41) is 5.57. The van der Waals surface area contributed by atoms with Crippen molar-refractivity contribution in [2.45, 2.75) is 59.2 Å². The number of imidazole rings is 1. The number of benzene rings is 6. The minimum absolute atomic E-state index is 0. The molecule has 5 nitrogen and oxygen atoms in total. The van der Waals surface area contributed by atoms with Crippen molar-refractivity contribution in [1.82, 2.24) is 14.5 Å². The predicted octanol–water partition coefficient (Wildman–Crippen LogP) is 13.6. The van der Waals surface area contributed by atoms with Gasteiger partial charge in [0.1, 0.15) is 16.7 Å². The number of nitrogens with zero attached hydrogens (tertiary/aromatic N) is 3. The Morgan fingerprint density at radius 2 is 1.34 bits per heavy atom. The van der Waals surface area contributed by atoms with Gasteiger partial charge in [0.15, 0.2) is 0 Å². The summed E-state index contributed by atoms with van der Waals surface area (Å²) in [4.78, 5) is 9.74. The van der Waals surface area contributed by atoms with Gasteiger partial charge in [-0.05, 0) is 64.2 Å². The molecule has 4 heterocycles. The van der Waals surface area contributed by atoms with E-state index in [0.29, 0.717) is 11.8 Å². The summed E-state index contributed by atoms with van der Waals surface area (Å²) < 4.78 is 15.4. The number of fused-ring (bicyclic) bond motifs is 8. The second-order valence-corrected chi connectivity index (χ2v) is 21.5. The number of hydrogen-bond donors (Lipinski definition) is 0. The third-order valence-electron chi connectivity index (χ3n) is 10.9. The molecule has 0 aliphatic heterocycles. The molecule has 1 radical (unpaired) electrons. The third-order valence-corrected chi connectivity index (χ3v) is 12.9. The second kappa shape index (κ2) is 15.6. The maximum absolute atomic E-state index is 6.64. The van der Waals surface area contributed by atoms with Crippen molar-refractivity contribution in [3.63, 3.8) is 0 Å². The molecule has 0 spiro atoms. The third kappa shape index (κ3) is 6.91. The van der Waals surface area contributed by atoms with E-state index in [1.165, 1.54) is 22.0 Å². The molecule has 6 aromatic carbocycles. The summed E-state index contributed by atoms with van der Waals surface area (Å²) in [7, 11) is -1.23. The molecule has 0 amide bonds. The number of rotatable bonds is 6. The zero-order chi connectivity index (χ0) is 39.4. The van der Waals surface area contributed by atoms with Crippen LogP contribution in [0.4, 0.5) is 0 Å². The van der Waals surface area contributed by atoms with Crippen LogP contribution in [0.5, 0.6) is 0 Å². The molecule has 0 aliphatic rings. The standard InChI is InChI=1S/C37H29N2O2.C14H16NSi.Ir/c1-21(2)23-12-9-13-24(22(3)4)34(23)39-30-17-7-6-16-29(30)38-37(39)28-15-10-14-27-33-32(41-35(27)28)20-19-26-25-11-5-8-18-31(25)40-36(26)33;1-16(2,3)13-9-10-14(15-11-13)12-7-5-4-6-8-12;/h5-14,16-22H,1-4H3;4-7,9-11H,1-3H3;/q2*-1;. The molecule has 0 saturated carbocycles. The molecule has 4 aromatic heterocycles. The molecular formula is C51H45IrN3O2Si-2.